The van der Waals surface area contributed by atoms with E-state index in [9.17, 15) is 4.79 Å². The fourth-order valence-electron chi connectivity index (χ4n) is 5.00. The molecule has 1 aromatic heterocycles. The zero-order chi connectivity index (χ0) is 18.3. The molecular formula is C21H26N4O. The van der Waals surface area contributed by atoms with E-state index in [1.165, 1.54) is 24.7 Å². The zero-order valence-electron chi connectivity index (χ0n) is 15.7. The molecule has 1 N–H and O–H groups in total. The highest BCUT2D eigenvalue weighted by molar-refractivity contribution is 5.96. The number of likely N-dealkylation sites (N-methyl/N-ethyl adjacent to an activating group) is 1. The molecule has 2 aliphatic heterocycles. The molecule has 1 atom stereocenters. The van der Waals surface area contributed by atoms with E-state index in [4.69, 9.17) is 0 Å². The summed E-state index contributed by atoms with van der Waals surface area (Å²) in [6.45, 7) is 3.74. The van der Waals surface area contributed by atoms with Crippen LogP contribution in [0.25, 0.3) is 0 Å². The fourth-order valence-corrected chi connectivity index (χ4v) is 5.00. The normalized spacial score (nSPS) is 26.0. The lowest BCUT2D eigenvalue weighted by atomic mass is 9.78. The van der Waals surface area contributed by atoms with Crippen molar-refractivity contribution in [3.63, 3.8) is 0 Å². The second-order valence-corrected chi connectivity index (χ2v) is 7.68. The molecule has 0 saturated carbocycles. The van der Waals surface area contributed by atoms with Crippen LogP contribution in [0, 0.1) is 13.8 Å². The summed E-state index contributed by atoms with van der Waals surface area (Å²) in [5, 5.41) is 3.36. The number of aromatic nitrogens is 2. The van der Waals surface area contributed by atoms with Crippen LogP contribution in [0.5, 0.6) is 0 Å². The predicted octanol–water partition coefficient (Wildman–Crippen LogP) is 3.19. The van der Waals surface area contributed by atoms with E-state index in [-0.39, 0.29) is 17.5 Å². The minimum atomic E-state index is -0.0763. The molecule has 2 fully saturated rings. The lowest BCUT2D eigenvalue weighted by molar-refractivity contribution is 0.0835. The van der Waals surface area contributed by atoms with Crippen molar-refractivity contribution >= 4 is 5.91 Å². The second kappa shape index (κ2) is 6.47. The number of aryl methyl sites for hydroxylation is 2. The number of benzene rings is 1. The maximum Gasteiger partial charge on any atom is 0.255 e. The van der Waals surface area contributed by atoms with Gasteiger partial charge < -0.3 is 5.32 Å². The van der Waals surface area contributed by atoms with Gasteiger partial charge in [0.2, 0.25) is 0 Å². The summed E-state index contributed by atoms with van der Waals surface area (Å²) in [5.41, 5.74) is 3.22. The molecule has 4 rings (SSSR count). The van der Waals surface area contributed by atoms with Gasteiger partial charge in [-0.25, -0.2) is 9.97 Å². The molecule has 2 aliphatic rings. The van der Waals surface area contributed by atoms with E-state index < -0.39 is 0 Å². The number of nitrogens with one attached hydrogen (secondary N) is 1. The predicted molar refractivity (Wildman–Crippen MR) is 101 cm³/mol. The average Bonchev–Trinajstić information content (AvgIpc) is 3.13. The molecule has 2 aromatic rings. The van der Waals surface area contributed by atoms with Crippen molar-refractivity contribution in [3.05, 3.63) is 59.2 Å². The van der Waals surface area contributed by atoms with E-state index in [0.717, 1.165) is 24.2 Å². The van der Waals surface area contributed by atoms with E-state index in [2.05, 4.69) is 51.5 Å². The van der Waals surface area contributed by atoms with Gasteiger partial charge in [-0.05, 0) is 52.1 Å². The van der Waals surface area contributed by atoms with Crippen molar-refractivity contribution in [2.45, 2.75) is 57.2 Å². The van der Waals surface area contributed by atoms with Crippen LogP contribution in [-0.4, -0.2) is 39.4 Å². The standard InChI is InChI=1S/C21H26N4O/c1-14-18(15(2)23-13-22-14)20(26)24-19(16-7-5-4-6-8-16)21-11-9-17(10-12-21)25(21)3/h4-8,13,17,19H,9-12H2,1-3H3,(H,24,26). The Bertz CT molecular complexity index is 792. The quantitative estimate of drug-likeness (QED) is 0.920. The number of carbonyl (C=O) groups excluding carboxylic acids is 1. The summed E-state index contributed by atoms with van der Waals surface area (Å²) in [5.74, 6) is -0.0763. The van der Waals surface area contributed by atoms with Crippen LogP contribution in [0.15, 0.2) is 36.7 Å². The molecule has 2 saturated heterocycles. The third-order valence-corrected chi connectivity index (χ3v) is 6.47. The van der Waals surface area contributed by atoms with Crippen LogP contribution in [0.4, 0.5) is 0 Å². The summed E-state index contributed by atoms with van der Waals surface area (Å²) in [4.78, 5) is 24.1. The zero-order valence-corrected chi connectivity index (χ0v) is 15.7. The van der Waals surface area contributed by atoms with Gasteiger partial charge in [0.15, 0.2) is 0 Å². The highest BCUT2D eigenvalue weighted by Gasteiger charge is 2.54. The Balaban J connectivity index is 1.72. The second-order valence-electron chi connectivity index (χ2n) is 7.68. The van der Waals surface area contributed by atoms with Gasteiger partial charge in [-0.15, -0.1) is 0 Å². The molecule has 0 spiro atoms. The van der Waals surface area contributed by atoms with Gasteiger partial charge in [-0.2, -0.15) is 0 Å². The molecular weight excluding hydrogens is 324 g/mol. The van der Waals surface area contributed by atoms with Gasteiger partial charge >= 0.3 is 0 Å². The highest BCUT2D eigenvalue weighted by atomic mass is 16.1. The Kier molecular flexibility index (Phi) is 4.27. The number of hydrogen-bond donors (Lipinski definition) is 1. The number of hydrogen-bond acceptors (Lipinski definition) is 4. The molecule has 26 heavy (non-hydrogen) atoms. The van der Waals surface area contributed by atoms with E-state index in [1.54, 1.807) is 0 Å². The maximum atomic E-state index is 13.2. The fraction of sp³-hybridized carbons (Fsp3) is 0.476. The smallest absolute Gasteiger partial charge is 0.255 e. The van der Waals surface area contributed by atoms with Gasteiger partial charge in [0.1, 0.15) is 6.33 Å². The molecule has 5 nitrogen and oxygen atoms in total. The van der Waals surface area contributed by atoms with Crippen LogP contribution in [-0.2, 0) is 0 Å². The first-order valence-corrected chi connectivity index (χ1v) is 9.40. The van der Waals surface area contributed by atoms with Crippen molar-refractivity contribution in [1.29, 1.82) is 0 Å². The average molecular weight is 350 g/mol. The first kappa shape index (κ1) is 17.2. The lowest BCUT2D eigenvalue weighted by Gasteiger charge is -2.41. The third-order valence-electron chi connectivity index (χ3n) is 6.47. The van der Waals surface area contributed by atoms with Crippen LogP contribution in [0.3, 0.4) is 0 Å². The summed E-state index contributed by atoms with van der Waals surface area (Å²) in [7, 11) is 2.22. The van der Waals surface area contributed by atoms with Crippen molar-refractivity contribution in [1.82, 2.24) is 20.2 Å². The minimum absolute atomic E-state index is 0.000866. The van der Waals surface area contributed by atoms with Gasteiger partial charge in [0.05, 0.1) is 23.0 Å². The van der Waals surface area contributed by atoms with E-state index >= 15 is 0 Å². The Morgan fingerprint density at radius 1 is 1.15 bits per heavy atom. The monoisotopic (exact) mass is 350 g/mol. The van der Waals surface area contributed by atoms with Crippen molar-refractivity contribution in [2.24, 2.45) is 0 Å². The van der Waals surface area contributed by atoms with Gasteiger partial charge in [-0.1, -0.05) is 30.3 Å². The Morgan fingerprint density at radius 2 is 1.77 bits per heavy atom. The molecule has 1 unspecified atom stereocenters. The minimum Gasteiger partial charge on any atom is -0.343 e. The summed E-state index contributed by atoms with van der Waals surface area (Å²) in [6.07, 6.45) is 6.18. The van der Waals surface area contributed by atoms with Gasteiger partial charge in [0, 0.05) is 11.6 Å². The Morgan fingerprint density at radius 3 is 2.31 bits per heavy atom. The number of amides is 1. The van der Waals surface area contributed by atoms with Gasteiger partial charge in [0.25, 0.3) is 5.91 Å². The molecule has 1 aromatic carbocycles. The van der Waals surface area contributed by atoms with Crippen LogP contribution in [0.2, 0.25) is 0 Å². The number of nitrogens with zero attached hydrogens (tertiary/aromatic N) is 3. The SMILES string of the molecule is Cc1ncnc(C)c1C(=O)NC(c1ccccc1)C12CCC(CC1)N2C. The van der Waals surface area contributed by atoms with Crippen molar-refractivity contribution in [3.8, 4) is 0 Å². The molecule has 0 aliphatic carbocycles. The first-order chi connectivity index (χ1) is 12.5. The van der Waals surface area contributed by atoms with Crippen LogP contribution < -0.4 is 5.32 Å². The number of fused-ring (bicyclic) bond motifs is 2. The first-order valence-electron chi connectivity index (χ1n) is 9.40. The van der Waals surface area contributed by atoms with Crippen molar-refractivity contribution < 1.29 is 4.79 Å². The van der Waals surface area contributed by atoms with Gasteiger partial charge in [-0.3, -0.25) is 9.69 Å². The lowest BCUT2D eigenvalue weighted by Crippen LogP contribution is -2.51. The molecule has 0 radical (unpaired) electrons. The highest BCUT2D eigenvalue weighted by Crippen LogP contribution is 2.51. The maximum absolute atomic E-state index is 13.2. The molecule has 136 valence electrons. The van der Waals surface area contributed by atoms with E-state index in [0.29, 0.717) is 11.6 Å². The molecule has 2 bridgehead atoms. The van der Waals surface area contributed by atoms with Crippen LogP contribution in [0.1, 0.15) is 59.0 Å². The largest absolute Gasteiger partial charge is 0.343 e. The molecule has 5 heteroatoms. The number of carbonyl (C=O) groups is 1. The Hall–Kier alpha value is -2.27. The third kappa shape index (κ3) is 2.62. The van der Waals surface area contributed by atoms with Crippen molar-refractivity contribution in [2.75, 3.05) is 7.05 Å². The topological polar surface area (TPSA) is 58.1 Å². The summed E-state index contributed by atoms with van der Waals surface area (Å²) in [6, 6.07) is 11.0. The molecule has 3 heterocycles. The summed E-state index contributed by atoms with van der Waals surface area (Å²) >= 11 is 0. The Labute approximate surface area is 154 Å². The summed E-state index contributed by atoms with van der Waals surface area (Å²) < 4.78 is 0. The van der Waals surface area contributed by atoms with E-state index in [1.807, 2.05) is 19.9 Å². The van der Waals surface area contributed by atoms with Crippen LogP contribution >= 0.6 is 0 Å². The molecule has 1 amide bonds. The number of rotatable bonds is 4.